The van der Waals surface area contributed by atoms with Gasteiger partial charge in [0.25, 0.3) is 0 Å². The van der Waals surface area contributed by atoms with Gasteiger partial charge in [-0.3, -0.25) is 0 Å². The lowest BCUT2D eigenvalue weighted by Crippen LogP contribution is -2.16. The third-order valence-electron chi connectivity index (χ3n) is 17.3. The molecule has 1 heterocycles. The largest absolute Gasteiger partial charge is 0.310 e. The number of anilines is 3. The minimum absolute atomic E-state index is 0.00510. The molecule has 82 heavy (non-hydrogen) atoms. The maximum Gasteiger partial charge on any atom is 0.0541 e. The number of hydrogen-bond acceptors (Lipinski definition) is 1. The van der Waals surface area contributed by atoms with Crippen molar-refractivity contribution in [3.8, 4) is 50.2 Å². The Morgan fingerprint density at radius 2 is 0.720 bits per heavy atom. The van der Waals surface area contributed by atoms with E-state index in [1.54, 1.807) is 0 Å². The quantitative estimate of drug-likeness (QED) is 0.138. The van der Waals surface area contributed by atoms with Gasteiger partial charge in [-0.1, -0.05) is 259 Å². The van der Waals surface area contributed by atoms with Crippen molar-refractivity contribution in [3.63, 3.8) is 0 Å². The molecule has 0 aliphatic rings. The Labute approximate surface area is 485 Å². The average Bonchev–Trinajstić information content (AvgIpc) is 3.94. The summed E-state index contributed by atoms with van der Waals surface area (Å²) < 4.78 is 2.47. The van der Waals surface area contributed by atoms with E-state index < -0.39 is 0 Å². The van der Waals surface area contributed by atoms with E-state index in [9.17, 15) is 0 Å². The summed E-state index contributed by atoms with van der Waals surface area (Å²) in [5.41, 5.74) is 22.1. The van der Waals surface area contributed by atoms with Gasteiger partial charge in [-0.2, -0.15) is 0 Å². The molecule has 0 unspecified atom stereocenters. The van der Waals surface area contributed by atoms with Gasteiger partial charge in [0.15, 0.2) is 0 Å². The third-order valence-corrected chi connectivity index (χ3v) is 17.3. The molecule has 1 aromatic heterocycles. The van der Waals surface area contributed by atoms with Gasteiger partial charge >= 0.3 is 0 Å². The van der Waals surface area contributed by atoms with Crippen LogP contribution in [0.4, 0.5) is 17.1 Å². The van der Waals surface area contributed by atoms with Crippen LogP contribution in [0.1, 0.15) is 105 Å². The first-order valence-electron chi connectivity index (χ1n) is 29.4. The fourth-order valence-electron chi connectivity index (χ4n) is 12.5. The second-order valence-electron chi connectivity index (χ2n) is 27.1. The molecule has 13 aromatic rings. The number of benzene rings is 12. The van der Waals surface area contributed by atoms with E-state index in [0.717, 1.165) is 17.1 Å². The number of rotatable bonds is 8. The number of nitrogens with zero attached hydrogens (tertiary/aromatic N) is 2. The van der Waals surface area contributed by atoms with Crippen LogP contribution in [0.15, 0.2) is 231 Å². The lowest BCUT2D eigenvalue weighted by atomic mass is 9.78. The molecular weight excluding hydrogens is 989 g/mol. The Hall–Kier alpha value is -8.72. The average molecular weight is 1060 g/mol. The van der Waals surface area contributed by atoms with Crippen molar-refractivity contribution < 1.29 is 0 Å². The molecule has 0 radical (unpaired) electrons. The topological polar surface area (TPSA) is 8.17 Å². The first-order chi connectivity index (χ1) is 39.2. The summed E-state index contributed by atoms with van der Waals surface area (Å²) in [5, 5.41) is 10.00. The molecule has 0 fully saturated rings. The third kappa shape index (κ3) is 9.33. The van der Waals surface area contributed by atoms with Crippen LogP contribution in [0.5, 0.6) is 0 Å². The maximum atomic E-state index is 2.49. The van der Waals surface area contributed by atoms with Gasteiger partial charge in [-0.05, 0) is 165 Å². The Kier molecular flexibility index (Phi) is 12.5. The second-order valence-corrected chi connectivity index (χ2v) is 27.1. The SMILES string of the molecule is CC(C)(C)c1cc(-c2ccc(N(c3ccc(-c4cc(C(C)(C)C)ccc4-c4ccccc4)cc3)c3ccc4ccc5c(-n6c7ccccc7c7ccccc76)ccc6ccc3c4c65)cc2)cc(-c2cc(C(C)(C)C)cc(C(C)(C)C)c2)c1. The number of para-hydroxylation sites is 2. The summed E-state index contributed by atoms with van der Waals surface area (Å²) >= 11 is 0. The fourth-order valence-corrected chi connectivity index (χ4v) is 12.5. The van der Waals surface area contributed by atoms with E-state index in [2.05, 4.69) is 323 Å². The monoisotopic (exact) mass is 1060 g/mol. The molecule has 0 bridgehead atoms. The van der Waals surface area contributed by atoms with Crippen molar-refractivity contribution in [2.75, 3.05) is 4.90 Å². The van der Waals surface area contributed by atoms with Gasteiger partial charge < -0.3 is 9.47 Å². The Morgan fingerprint density at radius 3 is 1.28 bits per heavy atom. The molecule has 2 nitrogen and oxygen atoms in total. The Balaban J connectivity index is 0.994. The Morgan fingerprint density at radius 1 is 0.280 bits per heavy atom. The second kappa shape index (κ2) is 19.5. The molecule has 12 aromatic carbocycles. The van der Waals surface area contributed by atoms with Crippen LogP contribution >= 0.6 is 0 Å². The van der Waals surface area contributed by atoms with Crippen LogP contribution in [0.2, 0.25) is 0 Å². The normalized spacial score (nSPS) is 12.6. The predicted octanol–water partition coefficient (Wildman–Crippen LogP) is 23.0. The molecule has 0 saturated heterocycles. The zero-order valence-electron chi connectivity index (χ0n) is 49.8. The maximum absolute atomic E-state index is 2.49. The first-order valence-corrected chi connectivity index (χ1v) is 29.4. The minimum Gasteiger partial charge on any atom is -0.310 e. The highest BCUT2D eigenvalue weighted by Crippen LogP contribution is 2.48. The summed E-state index contributed by atoms with van der Waals surface area (Å²) in [7, 11) is 0. The molecule has 0 N–H and O–H groups in total. The van der Waals surface area contributed by atoms with Gasteiger partial charge in [0.1, 0.15) is 0 Å². The van der Waals surface area contributed by atoms with E-state index in [4.69, 9.17) is 0 Å². The summed E-state index contributed by atoms with van der Waals surface area (Å²) in [6.45, 7) is 27.9. The van der Waals surface area contributed by atoms with Crippen LogP contribution in [0.3, 0.4) is 0 Å². The van der Waals surface area contributed by atoms with Crippen LogP contribution in [-0.2, 0) is 21.7 Å². The van der Waals surface area contributed by atoms with Crippen LogP contribution in [0.25, 0.3) is 104 Å². The molecular formula is C80H74N2. The zero-order valence-corrected chi connectivity index (χ0v) is 49.8. The van der Waals surface area contributed by atoms with Crippen LogP contribution in [-0.4, -0.2) is 4.57 Å². The van der Waals surface area contributed by atoms with Gasteiger partial charge in [0.2, 0.25) is 0 Å². The van der Waals surface area contributed by atoms with Crippen molar-refractivity contribution in [1.82, 2.24) is 4.57 Å². The van der Waals surface area contributed by atoms with Crippen LogP contribution < -0.4 is 4.90 Å². The van der Waals surface area contributed by atoms with Crippen LogP contribution in [0, 0.1) is 0 Å². The van der Waals surface area contributed by atoms with E-state index >= 15 is 0 Å². The van der Waals surface area contributed by atoms with Gasteiger partial charge in [0.05, 0.1) is 22.4 Å². The summed E-state index contributed by atoms with van der Waals surface area (Å²) in [6.07, 6.45) is 0. The van der Waals surface area contributed by atoms with Crippen molar-refractivity contribution >= 4 is 71.2 Å². The lowest BCUT2D eigenvalue weighted by Gasteiger charge is -2.28. The number of fused-ring (bicyclic) bond motifs is 3. The highest BCUT2D eigenvalue weighted by Gasteiger charge is 2.26. The van der Waals surface area contributed by atoms with Crippen molar-refractivity contribution in [2.45, 2.75) is 105 Å². The van der Waals surface area contributed by atoms with Gasteiger partial charge in [-0.15, -0.1) is 0 Å². The summed E-state index contributed by atoms with van der Waals surface area (Å²) in [5.74, 6) is 0. The van der Waals surface area contributed by atoms with Crippen molar-refractivity contribution in [3.05, 3.63) is 253 Å². The van der Waals surface area contributed by atoms with Gasteiger partial charge in [0, 0.05) is 32.9 Å². The molecule has 0 amide bonds. The number of hydrogen-bond donors (Lipinski definition) is 0. The molecule has 0 atom stereocenters. The molecule has 0 aliphatic carbocycles. The molecule has 0 saturated carbocycles. The highest BCUT2D eigenvalue weighted by molar-refractivity contribution is 6.27. The molecule has 0 aliphatic heterocycles. The molecule has 404 valence electrons. The Bertz CT molecular complexity index is 4480. The van der Waals surface area contributed by atoms with E-state index in [1.807, 2.05) is 0 Å². The first kappa shape index (κ1) is 52.6. The van der Waals surface area contributed by atoms with E-state index in [-0.39, 0.29) is 21.7 Å². The smallest absolute Gasteiger partial charge is 0.0541 e. The lowest BCUT2D eigenvalue weighted by molar-refractivity contribution is 0.569. The zero-order chi connectivity index (χ0) is 57.0. The number of aromatic nitrogens is 1. The summed E-state index contributed by atoms with van der Waals surface area (Å²) in [6, 6.07) is 87.4. The standard InChI is InChI=1S/C80H74N2/c1-77(2,3)59-34-41-65(52-20-14-13-15-21-52)70(50-59)53-28-37-64(38-29-53)81(63-35-26-51(27-36-63)56-44-57(46-60(45-56)78(4,5)6)58-47-61(79(7,8)9)49-62(48-58)80(10,11)12)73-42-32-54-31-40-69-74(43-33-55-30-39-68(73)75(54)76(55)69)82-71-24-18-16-22-66(71)67-23-17-19-25-72(67)82/h13-50H,1-12H3. The van der Waals surface area contributed by atoms with Gasteiger partial charge in [-0.25, -0.2) is 0 Å². The molecule has 2 heteroatoms. The molecule has 13 rings (SSSR count). The van der Waals surface area contributed by atoms with E-state index in [0.29, 0.717) is 0 Å². The highest BCUT2D eigenvalue weighted by atomic mass is 15.1. The molecule has 0 spiro atoms. The van der Waals surface area contributed by atoms with E-state index in [1.165, 1.54) is 127 Å². The summed E-state index contributed by atoms with van der Waals surface area (Å²) in [4.78, 5) is 2.49. The fraction of sp³-hybridized carbons (Fsp3) is 0.200. The van der Waals surface area contributed by atoms with Crippen molar-refractivity contribution in [1.29, 1.82) is 0 Å². The predicted molar refractivity (Wildman–Crippen MR) is 356 cm³/mol. The minimum atomic E-state index is -0.0582. The van der Waals surface area contributed by atoms with Crippen molar-refractivity contribution in [2.24, 2.45) is 0 Å².